The third-order valence-electron chi connectivity index (χ3n) is 4.89. The first-order valence-electron chi connectivity index (χ1n) is 8.26. The van der Waals surface area contributed by atoms with Crippen LogP contribution in [0.3, 0.4) is 0 Å². The fourth-order valence-corrected chi connectivity index (χ4v) is 3.78. The molecule has 1 heterocycles. The molecule has 5 heteroatoms. The van der Waals surface area contributed by atoms with Crippen molar-refractivity contribution in [1.82, 2.24) is 4.57 Å². The van der Waals surface area contributed by atoms with Crippen LogP contribution in [-0.2, 0) is 11.2 Å². The highest BCUT2D eigenvalue weighted by Gasteiger charge is 2.33. The quantitative estimate of drug-likeness (QED) is 0.751. The SMILES string of the molecule is O=C(O)C1CCCc2c1c1ccccc1n2C(=O)c1ccc(O)cc1. The Hall–Kier alpha value is -3.08. The van der Waals surface area contributed by atoms with Gasteiger partial charge < -0.3 is 10.2 Å². The van der Waals surface area contributed by atoms with E-state index in [1.807, 2.05) is 24.3 Å². The molecule has 5 nitrogen and oxygen atoms in total. The van der Waals surface area contributed by atoms with Crippen molar-refractivity contribution >= 4 is 22.8 Å². The van der Waals surface area contributed by atoms with Crippen LogP contribution >= 0.6 is 0 Å². The van der Waals surface area contributed by atoms with Gasteiger partial charge in [0.15, 0.2) is 0 Å². The molecule has 0 spiro atoms. The molecule has 1 aromatic heterocycles. The molecule has 1 aliphatic carbocycles. The van der Waals surface area contributed by atoms with Gasteiger partial charge in [-0.3, -0.25) is 14.2 Å². The van der Waals surface area contributed by atoms with E-state index in [1.165, 1.54) is 12.1 Å². The van der Waals surface area contributed by atoms with Crippen molar-refractivity contribution in [3.05, 3.63) is 65.4 Å². The van der Waals surface area contributed by atoms with E-state index in [0.29, 0.717) is 18.4 Å². The van der Waals surface area contributed by atoms with E-state index in [-0.39, 0.29) is 11.7 Å². The van der Waals surface area contributed by atoms with E-state index in [0.717, 1.165) is 28.6 Å². The van der Waals surface area contributed by atoms with Crippen LogP contribution in [0.1, 0.15) is 40.4 Å². The number of fused-ring (bicyclic) bond motifs is 3. The molecule has 0 saturated heterocycles. The summed E-state index contributed by atoms with van der Waals surface area (Å²) in [4.78, 5) is 24.8. The maximum absolute atomic E-state index is 13.1. The number of carboxylic acid groups (broad SMARTS) is 1. The Bertz CT molecular complexity index is 985. The van der Waals surface area contributed by atoms with Crippen LogP contribution in [-0.4, -0.2) is 26.7 Å². The predicted molar refractivity (Wildman–Crippen MR) is 93.1 cm³/mol. The van der Waals surface area contributed by atoms with E-state index in [9.17, 15) is 19.8 Å². The average Bonchev–Trinajstić information content (AvgIpc) is 2.96. The number of carboxylic acids is 1. The first-order chi connectivity index (χ1) is 12.1. The number of phenols is 1. The zero-order valence-electron chi connectivity index (χ0n) is 13.5. The summed E-state index contributed by atoms with van der Waals surface area (Å²) in [6, 6.07) is 13.6. The molecule has 25 heavy (non-hydrogen) atoms. The summed E-state index contributed by atoms with van der Waals surface area (Å²) in [5.41, 5.74) is 2.75. The number of rotatable bonds is 2. The predicted octanol–water partition coefficient (Wildman–Crippen LogP) is 3.54. The van der Waals surface area contributed by atoms with E-state index < -0.39 is 11.9 Å². The van der Waals surface area contributed by atoms with Crippen LogP contribution in [0.5, 0.6) is 5.75 Å². The van der Waals surface area contributed by atoms with Gasteiger partial charge in [0.2, 0.25) is 0 Å². The second-order valence-electron chi connectivity index (χ2n) is 6.35. The Balaban J connectivity index is 1.97. The van der Waals surface area contributed by atoms with Gasteiger partial charge in [0, 0.05) is 16.6 Å². The number of phenolic OH excluding ortho intramolecular Hbond substituents is 1. The first kappa shape index (κ1) is 15.4. The Morgan fingerprint density at radius 3 is 2.48 bits per heavy atom. The van der Waals surface area contributed by atoms with Crippen molar-refractivity contribution in [3.8, 4) is 5.75 Å². The first-order valence-corrected chi connectivity index (χ1v) is 8.26. The van der Waals surface area contributed by atoms with Gasteiger partial charge in [-0.05, 0) is 55.2 Å². The van der Waals surface area contributed by atoms with Crippen LogP contribution in [0.15, 0.2) is 48.5 Å². The zero-order chi connectivity index (χ0) is 17.6. The van der Waals surface area contributed by atoms with Crippen LogP contribution < -0.4 is 0 Å². The van der Waals surface area contributed by atoms with Gasteiger partial charge in [0.25, 0.3) is 5.91 Å². The van der Waals surface area contributed by atoms with Crippen molar-refractivity contribution in [2.75, 3.05) is 0 Å². The van der Waals surface area contributed by atoms with Gasteiger partial charge >= 0.3 is 5.97 Å². The monoisotopic (exact) mass is 335 g/mol. The number of aromatic nitrogens is 1. The Kier molecular flexibility index (Phi) is 3.57. The van der Waals surface area contributed by atoms with Crippen LogP contribution in [0.4, 0.5) is 0 Å². The van der Waals surface area contributed by atoms with Crippen LogP contribution in [0, 0.1) is 0 Å². The number of aliphatic carboxylic acids is 1. The summed E-state index contributed by atoms with van der Waals surface area (Å²) in [5, 5.41) is 19.9. The van der Waals surface area contributed by atoms with E-state index >= 15 is 0 Å². The smallest absolute Gasteiger partial charge is 0.311 e. The molecule has 126 valence electrons. The average molecular weight is 335 g/mol. The minimum absolute atomic E-state index is 0.0990. The number of para-hydroxylation sites is 1. The van der Waals surface area contributed by atoms with E-state index in [2.05, 4.69) is 0 Å². The van der Waals surface area contributed by atoms with Crippen LogP contribution in [0.2, 0.25) is 0 Å². The second kappa shape index (κ2) is 5.77. The highest BCUT2D eigenvalue weighted by Crippen LogP contribution is 2.39. The van der Waals surface area contributed by atoms with Crippen molar-refractivity contribution in [1.29, 1.82) is 0 Å². The number of nitrogens with zero attached hydrogens (tertiary/aromatic N) is 1. The summed E-state index contributed by atoms with van der Waals surface area (Å²) in [6.07, 6.45) is 2.00. The molecule has 2 N–H and O–H groups in total. The Labute approximate surface area is 144 Å². The number of carbonyl (C=O) groups is 2. The molecule has 0 saturated carbocycles. The van der Waals surface area contributed by atoms with Gasteiger partial charge in [-0.25, -0.2) is 0 Å². The normalized spacial score (nSPS) is 16.6. The number of carbonyl (C=O) groups excluding carboxylic acids is 1. The molecular formula is C20H17NO4. The summed E-state index contributed by atoms with van der Waals surface area (Å²) in [7, 11) is 0. The molecule has 0 amide bonds. The third kappa shape index (κ3) is 2.39. The molecule has 4 rings (SSSR count). The molecule has 0 fully saturated rings. The van der Waals surface area contributed by atoms with Gasteiger partial charge in [0.05, 0.1) is 11.4 Å². The summed E-state index contributed by atoms with van der Waals surface area (Å²) >= 11 is 0. The lowest BCUT2D eigenvalue weighted by atomic mass is 9.85. The van der Waals surface area contributed by atoms with Crippen molar-refractivity contribution in [2.45, 2.75) is 25.2 Å². The number of hydrogen-bond donors (Lipinski definition) is 2. The summed E-state index contributed by atoms with van der Waals surface area (Å²) < 4.78 is 1.64. The highest BCUT2D eigenvalue weighted by molar-refractivity contribution is 6.05. The lowest BCUT2D eigenvalue weighted by Crippen LogP contribution is -2.21. The molecule has 0 radical (unpaired) electrons. The van der Waals surface area contributed by atoms with E-state index in [4.69, 9.17) is 0 Å². The van der Waals surface area contributed by atoms with Gasteiger partial charge in [-0.15, -0.1) is 0 Å². The second-order valence-corrected chi connectivity index (χ2v) is 6.35. The minimum atomic E-state index is -0.846. The Morgan fingerprint density at radius 1 is 1.04 bits per heavy atom. The highest BCUT2D eigenvalue weighted by atomic mass is 16.4. The lowest BCUT2D eigenvalue weighted by molar-refractivity contribution is -0.139. The largest absolute Gasteiger partial charge is 0.508 e. The lowest BCUT2D eigenvalue weighted by Gasteiger charge is -2.21. The zero-order valence-corrected chi connectivity index (χ0v) is 13.5. The molecule has 1 aliphatic rings. The fourth-order valence-electron chi connectivity index (χ4n) is 3.78. The fraction of sp³-hybridized carbons (Fsp3) is 0.200. The van der Waals surface area contributed by atoms with Crippen molar-refractivity contribution < 1.29 is 19.8 Å². The number of aromatic hydroxyl groups is 1. The van der Waals surface area contributed by atoms with Gasteiger partial charge in [0.1, 0.15) is 5.75 Å². The summed E-state index contributed by atoms with van der Waals surface area (Å²) in [6.45, 7) is 0. The molecule has 0 aliphatic heterocycles. The molecular weight excluding hydrogens is 318 g/mol. The van der Waals surface area contributed by atoms with Gasteiger partial charge in [-0.2, -0.15) is 0 Å². The molecule has 1 atom stereocenters. The van der Waals surface area contributed by atoms with Crippen molar-refractivity contribution in [2.24, 2.45) is 0 Å². The van der Waals surface area contributed by atoms with Gasteiger partial charge in [-0.1, -0.05) is 18.2 Å². The number of hydrogen-bond acceptors (Lipinski definition) is 3. The number of benzene rings is 2. The maximum Gasteiger partial charge on any atom is 0.311 e. The standard InChI is InChI=1S/C20H17NO4/c22-13-10-8-12(9-11-13)19(23)21-16-6-2-1-4-14(16)18-15(20(24)25)5-3-7-17(18)21/h1-2,4,6,8-11,15,22H,3,5,7H2,(H,24,25). The summed E-state index contributed by atoms with van der Waals surface area (Å²) in [5.74, 6) is -1.53. The Morgan fingerprint density at radius 2 is 1.76 bits per heavy atom. The molecule has 0 bridgehead atoms. The van der Waals surface area contributed by atoms with E-state index in [1.54, 1.807) is 16.7 Å². The van der Waals surface area contributed by atoms with Crippen LogP contribution in [0.25, 0.3) is 10.9 Å². The maximum atomic E-state index is 13.1. The van der Waals surface area contributed by atoms with Crippen molar-refractivity contribution in [3.63, 3.8) is 0 Å². The third-order valence-corrected chi connectivity index (χ3v) is 4.89. The molecule has 2 aromatic carbocycles. The molecule has 1 unspecified atom stereocenters. The topological polar surface area (TPSA) is 79.5 Å². The minimum Gasteiger partial charge on any atom is -0.508 e. The molecule has 3 aromatic rings.